The maximum absolute atomic E-state index is 14.1. The number of benzene rings is 2. The number of primary amides is 1. The summed E-state index contributed by atoms with van der Waals surface area (Å²) >= 11 is 0. The van der Waals surface area contributed by atoms with Crippen molar-refractivity contribution in [3.63, 3.8) is 0 Å². The zero-order chi connectivity index (χ0) is 30.7. The van der Waals surface area contributed by atoms with Crippen LogP contribution in [0.3, 0.4) is 0 Å². The molecule has 0 saturated heterocycles. The van der Waals surface area contributed by atoms with Gasteiger partial charge in [-0.3, -0.25) is 19.3 Å². The van der Waals surface area contributed by atoms with Crippen LogP contribution >= 0.6 is 0 Å². The van der Waals surface area contributed by atoms with Gasteiger partial charge in [-0.25, -0.2) is 0 Å². The predicted octanol–water partition coefficient (Wildman–Crippen LogP) is 1.84. The highest BCUT2D eigenvalue weighted by atomic mass is 16.3. The monoisotopic (exact) mass is 576 g/mol. The summed E-state index contributed by atoms with van der Waals surface area (Å²) in [6, 6.07) is 10.5. The number of nitrogens with two attached hydrogens (primary N) is 1. The first-order valence-corrected chi connectivity index (χ1v) is 13.8. The topological polar surface area (TPSA) is 177 Å². The van der Waals surface area contributed by atoms with E-state index in [9.17, 15) is 34.8 Å². The number of carbonyl (C=O) groups excluding carboxylic acids is 3. The second-order valence-corrected chi connectivity index (χ2v) is 11.7. The molecule has 0 aliphatic heterocycles. The molecular formula is C31H36N4O7. The number of fused-ring (bicyclic) bond motifs is 3. The lowest BCUT2D eigenvalue weighted by atomic mass is 9.58. The summed E-state index contributed by atoms with van der Waals surface area (Å²) in [7, 11) is 6.84. The fraction of sp³-hybridized carbons (Fsp3) is 0.387. The van der Waals surface area contributed by atoms with E-state index in [1.807, 2.05) is 49.3 Å². The minimum Gasteiger partial charge on any atom is -0.510 e. The molecule has 222 valence electrons. The van der Waals surface area contributed by atoms with Crippen LogP contribution < -0.4 is 16.0 Å². The number of amides is 1. The highest BCUT2D eigenvalue weighted by Crippen LogP contribution is 2.53. The van der Waals surface area contributed by atoms with Crippen LogP contribution in [0, 0.1) is 11.8 Å². The van der Waals surface area contributed by atoms with Gasteiger partial charge in [-0.1, -0.05) is 30.3 Å². The average Bonchev–Trinajstić information content (AvgIpc) is 2.92. The summed E-state index contributed by atoms with van der Waals surface area (Å²) in [5.41, 5.74) is 4.39. The van der Waals surface area contributed by atoms with Crippen molar-refractivity contribution in [3.8, 4) is 5.75 Å². The van der Waals surface area contributed by atoms with E-state index in [0.29, 0.717) is 29.9 Å². The van der Waals surface area contributed by atoms with E-state index < -0.39 is 58.0 Å². The Hall–Kier alpha value is -4.35. The van der Waals surface area contributed by atoms with Crippen LogP contribution in [0.1, 0.15) is 27.9 Å². The van der Waals surface area contributed by atoms with Crippen molar-refractivity contribution in [2.45, 2.75) is 30.9 Å². The molecule has 3 aliphatic carbocycles. The van der Waals surface area contributed by atoms with Crippen molar-refractivity contribution in [3.05, 3.63) is 75.8 Å². The first-order valence-electron chi connectivity index (χ1n) is 13.8. The van der Waals surface area contributed by atoms with Gasteiger partial charge < -0.3 is 36.4 Å². The highest BCUT2D eigenvalue weighted by molar-refractivity contribution is 6.25. The first-order chi connectivity index (χ1) is 19.8. The third-order valence-corrected chi connectivity index (χ3v) is 8.75. The highest BCUT2D eigenvalue weighted by Gasteiger charge is 2.63. The lowest BCUT2D eigenvalue weighted by molar-refractivity contribution is -0.148. The number of hydrogen-bond acceptors (Lipinski definition) is 10. The Morgan fingerprint density at radius 3 is 2.36 bits per heavy atom. The van der Waals surface area contributed by atoms with Crippen molar-refractivity contribution in [1.29, 1.82) is 0 Å². The normalized spacial score (nSPS) is 25.2. The van der Waals surface area contributed by atoms with Gasteiger partial charge in [0.15, 0.2) is 11.4 Å². The Balaban J connectivity index is 1.61. The average molecular weight is 577 g/mol. The van der Waals surface area contributed by atoms with Gasteiger partial charge in [0.1, 0.15) is 22.8 Å². The number of anilines is 2. The number of phenols is 1. The van der Waals surface area contributed by atoms with Crippen molar-refractivity contribution < 1.29 is 34.8 Å². The molecule has 0 heterocycles. The first kappa shape index (κ1) is 29.2. The molecule has 11 nitrogen and oxygen atoms in total. The smallest absolute Gasteiger partial charge is 0.255 e. The van der Waals surface area contributed by atoms with Crippen molar-refractivity contribution in [1.82, 2.24) is 4.90 Å². The number of rotatable bonds is 7. The molecular weight excluding hydrogens is 540 g/mol. The summed E-state index contributed by atoms with van der Waals surface area (Å²) in [6.45, 7) is 0.474. The summed E-state index contributed by atoms with van der Waals surface area (Å²) in [5.74, 6) is -6.70. The van der Waals surface area contributed by atoms with Gasteiger partial charge in [0.2, 0.25) is 5.78 Å². The molecule has 0 radical (unpaired) electrons. The summed E-state index contributed by atoms with van der Waals surface area (Å²) in [5, 5.41) is 48.8. The zero-order valence-electron chi connectivity index (χ0n) is 24.0. The minimum absolute atomic E-state index is 0.0239. The van der Waals surface area contributed by atoms with Gasteiger partial charge in [-0.05, 0) is 56.5 Å². The Morgan fingerprint density at radius 1 is 1.10 bits per heavy atom. The Labute approximate surface area is 243 Å². The molecule has 0 spiro atoms. The van der Waals surface area contributed by atoms with E-state index in [1.54, 1.807) is 20.2 Å². The third kappa shape index (κ3) is 4.31. The third-order valence-electron chi connectivity index (χ3n) is 8.75. The fourth-order valence-electron chi connectivity index (χ4n) is 6.82. The summed E-state index contributed by atoms with van der Waals surface area (Å²) in [6.07, 6.45) is 0.930. The lowest BCUT2D eigenvalue weighted by Gasteiger charge is -2.50. The maximum atomic E-state index is 14.1. The minimum atomic E-state index is -2.67. The van der Waals surface area contributed by atoms with Crippen molar-refractivity contribution >= 4 is 28.8 Å². The maximum Gasteiger partial charge on any atom is 0.255 e. The lowest BCUT2D eigenvalue weighted by Crippen LogP contribution is -2.63. The Kier molecular flexibility index (Phi) is 7.28. The van der Waals surface area contributed by atoms with Crippen LogP contribution in [-0.4, -0.2) is 89.2 Å². The number of likely N-dealkylation sites (N-methyl/N-ethyl adjacent to an activating group) is 1. The van der Waals surface area contributed by atoms with E-state index in [4.69, 9.17) is 5.73 Å². The molecule has 5 rings (SSSR count). The van der Waals surface area contributed by atoms with Gasteiger partial charge in [-0.2, -0.15) is 0 Å². The molecule has 1 unspecified atom stereocenters. The van der Waals surface area contributed by atoms with Crippen molar-refractivity contribution in [2.75, 3.05) is 45.0 Å². The van der Waals surface area contributed by atoms with Gasteiger partial charge in [0, 0.05) is 37.8 Å². The number of phenolic OH excluding ortho intramolecular Hbond substituents is 1. The molecule has 0 aromatic heterocycles. The zero-order valence-corrected chi connectivity index (χ0v) is 24.0. The van der Waals surface area contributed by atoms with Gasteiger partial charge in [0.25, 0.3) is 5.91 Å². The SMILES string of the molecule is CN(C)c1cc(NCCc2ccccc2)c(O)c2c1C[C@@H]1C[C@@H]3C(N(C)C)C(O)=C(C(N)=O)C(=O)[C@]3(O)C(O)=C1C2=O. The van der Waals surface area contributed by atoms with Crippen LogP contribution in [0.4, 0.5) is 11.4 Å². The predicted molar refractivity (Wildman–Crippen MR) is 157 cm³/mol. The van der Waals surface area contributed by atoms with Crippen LogP contribution in [0.2, 0.25) is 0 Å². The second kappa shape index (κ2) is 10.5. The van der Waals surface area contributed by atoms with E-state index in [2.05, 4.69) is 5.32 Å². The Bertz CT molecular complexity index is 1550. The molecule has 11 heteroatoms. The van der Waals surface area contributed by atoms with E-state index in [-0.39, 0.29) is 29.7 Å². The largest absolute Gasteiger partial charge is 0.510 e. The molecule has 2 aromatic rings. The van der Waals surface area contributed by atoms with E-state index in [1.165, 1.54) is 4.90 Å². The van der Waals surface area contributed by atoms with E-state index in [0.717, 1.165) is 5.56 Å². The van der Waals surface area contributed by atoms with Gasteiger partial charge in [-0.15, -0.1) is 0 Å². The number of ketones is 2. The van der Waals surface area contributed by atoms with Crippen LogP contribution in [0.15, 0.2) is 59.1 Å². The number of aromatic hydroxyl groups is 1. The number of nitrogens with one attached hydrogen (secondary N) is 1. The quantitative estimate of drug-likeness (QED) is 0.211. The molecule has 3 aliphatic rings. The number of carbonyl (C=O) groups is 3. The molecule has 7 N–H and O–H groups in total. The number of allylic oxidation sites excluding steroid dienone is 1. The number of nitrogens with zero attached hydrogens (tertiary/aromatic N) is 2. The molecule has 2 aromatic carbocycles. The number of hydrogen-bond donors (Lipinski definition) is 6. The molecule has 0 bridgehead atoms. The number of aliphatic hydroxyl groups is 3. The number of aliphatic hydroxyl groups excluding tert-OH is 2. The standard InChI is InChI=1S/C31H36N4O7/c1-34(2)20-14-19(33-11-10-15-8-6-5-7-9-15)25(36)22-17(20)12-16-13-18-24(35(3)4)27(38)23(30(32)41)29(40)31(18,42)28(39)21(16)26(22)37/h5-9,14,16,18,24,33,36,38-39,42H,10-13H2,1-4H3,(H2,32,41)/t16-,18-,24?,31-/m1/s1. The fourth-order valence-corrected chi connectivity index (χ4v) is 6.82. The summed E-state index contributed by atoms with van der Waals surface area (Å²) in [4.78, 5) is 43.1. The van der Waals surface area contributed by atoms with Gasteiger partial charge in [0.05, 0.1) is 17.3 Å². The van der Waals surface area contributed by atoms with Crippen LogP contribution in [0.25, 0.3) is 0 Å². The van der Waals surface area contributed by atoms with Crippen LogP contribution in [-0.2, 0) is 22.4 Å². The Morgan fingerprint density at radius 2 is 1.76 bits per heavy atom. The van der Waals surface area contributed by atoms with Crippen LogP contribution in [0.5, 0.6) is 5.75 Å². The molecule has 0 fully saturated rings. The van der Waals surface area contributed by atoms with Gasteiger partial charge >= 0.3 is 0 Å². The molecule has 1 amide bonds. The molecule has 4 atom stereocenters. The van der Waals surface area contributed by atoms with Crippen molar-refractivity contribution in [2.24, 2.45) is 17.6 Å². The molecule has 42 heavy (non-hydrogen) atoms. The molecule has 0 saturated carbocycles. The second-order valence-electron chi connectivity index (χ2n) is 11.7. The number of Topliss-reactive ketones (excluding diaryl/α,β-unsaturated/α-hetero) is 2. The summed E-state index contributed by atoms with van der Waals surface area (Å²) < 4.78 is 0. The van der Waals surface area contributed by atoms with E-state index >= 15 is 0 Å².